The normalized spacial score (nSPS) is 13.8. The van der Waals surface area contributed by atoms with Crippen molar-refractivity contribution >= 4 is 0 Å². The topological polar surface area (TPSA) is 78.1 Å². The van der Waals surface area contributed by atoms with Gasteiger partial charge >= 0.3 is 0 Å². The summed E-state index contributed by atoms with van der Waals surface area (Å²) in [5.74, 6) is 1.67. The summed E-state index contributed by atoms with van der Waals surface area (Å²) >= 11 is 0. The van der Waals surface area contributed by atoms with Crippen molar-refractivity contribution in [2.75, 3.05) is 0 Å². The Bertz CT molecular complexity index is 522. The molecule has 5 nitrogen and oxygen atoms in total. The number of aromatic nitrogens is 2. The van der Waals surface area contributed by atoms with Gasteiger partial charge in [0, 0.05) is 12.5 Å². The summed E-state index contributed by atoms with van der Waals surface area (Å²) in [6, 6.07) is 1.84. The number of aryl methyl sites for hydroxylation is 1. The predicted molar refractivity (Wildman–Crippen MR) is 67.9 cm³/mol. The molecule has 2 rings (SSSR count). The van der Waals surface area contributed by atoms with E-state index in [1.807, 2.05) is 13.0 Å². The van der Waals surface area contributed by atoms with Crippen LogP contribution < -0.4 is 5.73 Å². The van der Waals surface area contributed by atoms with Crippen LogP contribution in [0, 0.1) is 12.3 Å². The molecule has 2 aromatic heterocycles. The first-order valence-electron chi connectivity index (χ1n) is 6.00. The zero-order chi connectivity index (χ0) is 13.3. The van der Waals surface area contributed by atoms with E-state index < -0.39 is 0 Å². The molecule has 18 heavy (non-hydrogen) atoms. The number of hydrogen-bond acceptors (Lipinski definition) is 5. The van der Waals surface area contributed by atoms with E-state index >= 15 is 0 Å². The molecular weight excluding hydrogens is 230 g/mol. The average Bonchev–Trinajstić information content (AvgIpc) is 2.85. The number of nitrogens with two attached hydrogens (primary N) is 1. The van der Waals surface area contributed by atoms with Crippen LogP contribution in [0.3, 0.4) is 0 Å². The van der Waals surface area contributed by atoms with Crippen molar-refractivity contribution < 1.29 is 8.94 Å². The van der Waals surface area contributed by atoms with Gasteiger partial charge in [-0.1, -0.05) is 25.9 Å². The second-order valence-corrected chi connectivity index (χ2v) is 5.62. The van der Waals surface area contributed by atoms with E-state index in [9.17, 15) is 0 Å². The monoisotopic (exact) mass is 249 g/mol. The van der Waals surface area contributed by atoms with Crippen molar-refractivity contribution in [3.63, 3.8) is 0 Å². The Hall–Kier alpha value is -1.62. The van der Waals surface area contributed by atoms with Gasteiger partial charge in [-0.15, -0.1) is 0 Å². The van der Waals surface area contributed by atoms with Crippen LogP contribution >= 0.6 is 0 Å². The minimum Gasteiger partial charge on any atom is -0.461 e. The zero-order valence-electron chi connectivity index (χ0n) is 11.2. The maximum absolute atomic E-state index is 6.09. The van der Waals surface area contributed by atoms with Crippen molar-refractivity contribution in [2.45, 2.75) is 40.2 Å². The molecule has 0 aromatic carbocycles. The fraction of sp³-hybridized carbons (Fsp3) is 0.538. The van der Waals surface area contributed by atoms with Crippen LogP contribution in [0.25, 0.3) is 11.6 Å². The Morgan fingerprint density at radius 1 is 1.39 bits per heavy atom. The molecule has 0 saturated carbocycles. The molecule has 0 aliphatic rings. The third-order valence-electron chi connectivity index (χ3n) is 3.04. The van der Waals surface area contributed by atoms with Crippen molar-refractivity contribution in [1.82, 2.24) is 10.1 Å². The Balaban J connectivity index is 2.15. The Morgan fingerprint density at radius 2 is 2.11 bits per heavy atom. The third-order valence-corrected chi connectivity index (χ3v) is 3.04. The maximum atomic E-state index is 6.09. The lowest BCUT2D eigenvalue weighted by Gasteiger charge is -2.25. The van der Waals surface area contributed by atoms with E-state index in [1.54, 1.807) is 6.26 Å². The SMILES string of the molecule is Cc1ccoc1-c1noc(CC(N)C(C)(C)C)n1. The lowest BCUT2D eigenvalue weighted by molar-refractivity contribution is 0.286. The fourth-order valence-corrected chi connectivity index (χ4v) is 1.53. The highest BCUT2D eigenvalue weighted by molar-refractivity contribution is 5.50. The standard InChI is InChI=1S/C13H19N3O2/c1-8-5-6-17-11(8)12-15-10(18-16-12)7-9(14)13(2,3)4/h5-6,9H,7,14H2,1-4H3. The van der Waals surface area contributed by atoms with E-state index in [0.717, 1.165) is 5.56 Å². The first-order valence-corrected chi connectivity index (χ1v) is 6.00. The summed E-state index contributed by atoms with van der Waals surface area (Å²) in [6.07, 6.45) is 2.18. The molecule has 0 radical (unpaired) electrons. The number of furan rings is 1. The second-order valence-electron chi connectivity index (χ2n) is 5.62. The number of hydrogen-bond donors (Lipinski definition) is 1. The molecular formula is C13H19N3O2. The first-order chi connectivity index (χ1) is 8.38. The number of nitrogens with zero attached hydrogens (tertiary/aromatic N) is 2. The van der Waals surface area contributed by atoms with Crippen LogP contribution in [-0.2, 0) is 6.42 Å². The van der Waals surface area contributed by atoms with Crippen LogP contribution in [0.1, 0.15) is 32.2 Å². The van der Waals surface area contributed by atoms with Gasteiger partial charge in [0.2, 0.25) is 11.7 Å². The Morgan fingerprint density at radius 3 is 2.67 bits per heavy atom. The lowest BCUT2D eigenvalue weighted by Crippen LogP contribution is -2.36. The predicted octanol–water partition coefficient (Wildman–Crippen LogP) is 2.55. The van der Waals surface area contributed by atoms with Gasteiger partial charge in [-0.2, -0.15) is 4.98 Å². The zero-order valence-corrected chi connectivity index (χ0v) is 11.2. The van der Waals surface area contributed by atoms with Gasteiger partial charge in [0.1, 0.15) is 0 Å². The second kappa shape index (κ2) is 4.57. The van der Waals surface area contributed by atoms with Gasteiger partial charge in [0.05, 0.1) is 6.26 Å². The van der Waals surface area contributed by atoms with Gasteiger partial charge in [0.25, 0.3) is 0 Å². The van der Waals surface area contributed by atoms with Crippen LogP contribution in [0.2, 0.25) is 0 Å². The molecule has 1 atom stereocenters. The molecule has 2 N–H and O–H groups in total. The highest BCUT2D eigenvalue weighted by Gasteiger charge is 2.24. The summed E-state index contributed by atoms with van der Waals surface area (Å²) in [5, 5.41) is 3.92. The van der Waals surface area contributed by atoms with E-state index in [4.69, 9.17) is 14.7 Å². The quantitative estimate of drug-likeness (QED) is 0.904. The molecule has 98 valence electrons. The van der Waals surface area contributed by atoms with Crippen molar-refractivity contribution in [2.24, 2.45) is 11.1 Å². The summed E-state index contributed by atoms with van der Waals surface area (Å²) in [5.41, 5.74) is 7.09. The lowest BCUT2D eigenvalue weighted by atomic mass is 9.85. The van der Waals surface area contributed by atoms with Crippen molar-refractivity contribution in [3.05, 3.63) is 23.8 Å². The highest BCUT2D eigenvalue weighted by Crippen LogP contribution is 2.23. The van der Waals surface area contributed by atoms with E-state index in [1.165, 1.54) is 0 Å². The summed E-state index contributed by atoms with van der Waals surface area (Å²) in [6.45, 7) is 8.21. The van der Waals surface area contributed by atoms with Crippen LogP contribution in [0.5, 0.6) is 0 Å². The average molecular weight is 249 g/mol. The molecule has 0 aliphatic carbocycles. The first kappa shape index (κ1) is 12.8. The Kier molecular flexibility index (Phi) is 3.26. The molecule has 5 heteroatoms. The summed E-state index contributed by atoms with van der Waals surface area (Å²) in [7, 11) is 0. The van der Waals surface area contributed by atoms with E-state index in [-0.39, 0.29) is 11.5 Å². The molecule has 2 aromatic rings. The van der Waals surface area contributed by atoms with Crippen molar-refractivity contribution in [3.8, 4) is 11.6 Å². The molecule has 1 unspecified atom stereocenters. The van der Waals surface area contributed by atoms with E-state index in [2.05, 4.69) is 30.9 Å². The van der Waals surface area contributed by atoms with Gasteiger partial charge in [-0.05, 0) is 24.0 Å². The third kappa shape index (κ3) is 2.61. The molecule has 0 aliphatic heterocycles. The molecule has 0 amide bonds. The van der Waals surface area contributed by atoms with Gasteiger partial charge in [0.15, 0.2) is 5.76 Å². The molecule has 0 saturated heterocycles. The minimum absolute atomic E-state index is 0.00916. The minimum atomic E-state index is -0.0245. The number of rotatable bonds is 3. The summed E-state index contributed by atoms with van der Waals surface area (Å²) in [4.78, 5) is 4.32. The largest absolute Gasteiger partial charge is 0.461 e. The van der Waals surface area contributed by atoms with Crippen LogP contribution in [0.15, 0.2) is 21.3 Å². The van der Waals surface area contributed by atoms with Crippen LogP contribution in [-0.4, -0.2) is 16.2 Å². The van der Waals surface area contributed by atoms with Crippen LogP contribution in [0.4, 0.5) is 0 Å². The fourth-order valence-electron chi connectivity index (χ4n) is 1.53. The summed E-state index contributed by atoms with van der Waals surface area (Å²) < 4.78 is 10.5. The Labute approximate surface area is 106 Å². The van der Waals surface area contributed by atoms with Gasteiger partial charge in [-0.3, -0.25) is 0 Å². The highest BCUT2D eigenvalue weighted by atomic mass is 16.5. The smallest absolute Gasteiger partial charge is 0.238 e. The van der Waals surface area contributed by atoms with Crippen molar-refractivity contribution in [1.29, 1.82) is 0 Å². The molecule has 0 spiro atoms. The van der Waals surface area contributed by atoms with Gasteiger partial charge < -0.3 is 14.7 Å². The van der Waals surface area contributed by atoms with E-state index in [0.29, 0.717) is 23.9 Å². The van der Waals surface area contributed by atoms with Gasteiger partial charge in [-0.25, -0.2) is 0 Å². The molecule has 0 fully saturated rings. The molecule has 2 heterocycles. The molecule has 0 bridgehead atoms. The maximum Gasteiger partial charge on any atom is 0.238 e.